The fraction of sp³-hybridized carbons (Fsp3) is 0.385. The zero-order chi connectivity index (χ0) is 12.0. The molecule has 0 fully saturated rings. The molecule has 1 N–H and O–H groups in total. The van der Waals surface area contributed by atoms with Crippen molar-refractivity contribution in [1.29, 1.82) is 0 Å². The Bertz CT molecular complexity index is 368. The summed E-state index contributed by atoms with van der Waals surface area (Å²) in [5.41, 5.74) is 1.71. The van der Waals surface area contributed by atoms with E-state index in [-0.39, 0.29) is 11.8 Å². The molecule has 1 rings (SSSR count). The van der Waals surface area contributed by atoms with E-state index >= 15 is 0 Å². The molecular weight excluding hydrogens is 202 g/mol. The Labute approximate surface area is 95.9 Å². The van der Waals surface area contributed by atoms with Gasteiger partial charge in [-0.2, -0.15) is 0 Å². The lowest BCUT2D eigenvalue weighted by atomic mass is 10.1. The van der Waals surface area contributed by atoms with E-state index in [1.807, 2.05) is 19.1 Å². The highest BCUT2D eigenvalue weighted by molar-refractivity contribution is 6.04. The van der Waals surface area contributed by atoms with Crippen LogP contribution in [0.4, 0.5) is 0 Å². The van der Waals surface area contributed by atoms with Gasteiger partial charge in [-0.15, -0.1) is 0 Å². The molecule has 3 nitrogen and oxygen atoms in total. The number of carbonyl (C=O) groups is 2. The van der Waals surface area contributed by atoms with E-state index in [2.05, 4.69) is 12.2 Å². The minimum absolute atomic E-state index is 0.216. The Morgan fingerprint density at radius 2 is 1.75 bits per heavy atom. The quantitative estimate of drug-likeness (QED) is 0.844. The molecule has 0 aromatic heterocycles. The van der Waals surface area contributed by atoms with Crippen molar-refractivity contribution >= 4 is 11.8 Å². The largest absolute Gasteiger partial charge is 0.292 e. The molecule has 0 radical (unpaired) electrons. The van der Waals surface area contributed by atoms with Gasteiger partial charge in [-0.1, -0.05) is 26.0 Å². The Morgan fingerprint density at radius 1 is 1.12 bits per heavy atom. The molecule has 0 saturated heterocycles. The summed E-state index contributed by atoms with van der Waals surface area (Å²) in [6.45, 7) is 3.96. The Kier molecular flexibility index (Phi) is 4.70. The van der Waals surface area contributed by atoms with Crippen LogP contribution in [0.1, 0.15) is 42.6 Å². The average molecular weight is 219 g/mol. The van der Waals surface area contributed by atoms with Crippen LogP contribution in [0.2, 0.25) is 0 Å². The van der Waals surface area contributed by atoms with Gasteiger partial charge in [0.1, 0.15) is 0 Å². The second-order valence-corrected chi connectivity index (χ2v) is 3.68. The zero-order valence-electron chi connectivity index (χ0n) is 9.75. The molecule has 2 amide bonds. The lowest BCUT2D eigenvalue weighted by molar-refractivity contribution is -0.120. The summed E-state index contributed by atoms with van der Waals surface area (Å²) < 4.78 is 0. The van der Waals surface area contributed by atoms with Crippen LogP contribution < -0.4 is 5.32 Å². The molecule has 0 aliphatic rings. The van der Waals surface area contributed by atoms with Crippen LogP contribution in [0.25, 0.3) is 0 Å². The number of imide groups is 1. The number of hydrogen-bond acceptors (Lipinski definition) is 2. The fourth-order valence-electron chi connectivity index (χ4n) is 1.38. The lowest BCUT2D eigenvalue weighted by Crippen LogP contribution is -2.29. The van der Waals surface area contributed by atoms with Crippen molar-refractivity contribution in [1.82, 2.24) is 5.32 Å². The summed E-state index contributed by atoms with van der Waals surface area (Å²) >= 11 is 0. The van der Waals surface area contributed by atoms with Crippen molar-refractivity contribution in [2.75, 3.05) is 0 Å². The lowest BCUT2D eigenvalue weighted by Gasteiger charge is -2.03. The first-order valence-electron chi connectivity index (χ1n) is 5.60. The van der Waals surface area contributed by atoms with E-state index in [9.17, 15) is 9.59 Å². The molecule has 0 aliphatic carbocycles. The standard InChI is InChI=1S/C13H17NO2/c1-3-5-12(15)14-13(16)11-8-6-10(4-2)7-9-11/h6-9H,3-5H2,1-2H3,(H,14,15,16). The van der Waals surface area contributed by atoms with Crippen LogP contribution in [0.5, 0.6) is 0 Å². The maximum atomic E-state index is 11.6. The molecule has 0 aliphatic heterocycles. The number of amides is 2. The van der Waals surface area contributed by atoms with Gasteiger partial charge >= 0.3 is 0 Å². The van der Waals surface area contributed by atoms with Crippen molar-refractivity contribution in [3.8, 4) is 0 Å². The number of nitrogens with one attached hydrogen (secondary N) is 1. The molecule has 0 bridgehead atoms. The molecule has 16 heavy (non-hydrogen) atoms. The highest BCUT2D eigenvalue weighted by Gasteiger charge is 2.08. The number of benzene rings is 1. The maximum absolute atomic E-state index is 11.6. The number of carbonyl (C=O) groups excluding carboxylic acids is 2. The normalized spacial score (nSPS) is 9.88. The highest BCUT2D eigenvalue weighted by atomic mass is 16.2. The van der Waals surface area contributed by atoms with E-state index < -0.39 is 0 Å². The fourth-order valence-corrected chi connectivity index (χ4v) is 1.38. The van der Waals surface area contributed by atoms with Crippen molar-refractivity contribution in [3.63, 3.8) is 0 Å². The third-order valence-electron chi connectivity index (χ3n) is 2.35. The molecular formula is C13H17NO2. The Morgan fingerprint density at radius 3 is 2.25 bits per heavy atom. The zero-order valence-corrected chi connectivity index (χ0v) is 9.75. The molecule has 0 heterocycles. The average Bonchev–Trinajstić information content (AvgIpc) is 2.29. The monoisotopic (exact) mass is 219 g/mol. The summed E-state index contributed by atoms with van der Waals surface area (Å²) in [7, 11) is 0. The van der Waals surface area contributed by atoms with Crippen LogP contribution in [0.15, 0.2) is 24.3 Å². The van der Waals surface area contributed by atoms with Crippen LogP contribution in [0, 0.1) is 0 Å². The minimum Gasteiger partial charge on any atom is -0.292 e. The predicted molar refractivity (Wildman–Crippen MR) is 63.2 cm³/mol. The van der Waals surface area contributed by atoms with Gasteiger partial charge in [0.25, 0.3) is 5.91 Å². The van der Waals surface area contributed by atoms with Crippen LogP contribution >= 0.6 is 0 Å². The van der Waals surface area contributed by atoms with Gasteiger partial charge in [-0.3, -0.25) is 14.9 Å². The third-order valence-corrected chi connectivity index (χ3v) is 2.35. The molecule has 1 aromatic carbocycles. The SMILES string of the molecule is CCCC(=O)NC(=O)c1ccc(CC)cc1. The van der Waals surface area contributed by atoms with Gasteiger partial charge in [-0.05, 0) is 30.5 Å². The van der Waals surface area contributed by atoms with Gasteiger partial charge in [-0.25, -0.2) is 0 Å². The van der Waals surface area contributed by atoms with Gasteiger partial charge in [0.15, 0.2) is 0 Å². The first-order valence-corrected chi connectivity index (χ1v) is 5.60. The van der Waals surface area contributed by atoms with E-state index in [1.54, 1.807) is 12.1 Å². The topological polar surface area (TPSA) is 46.2 Å². The van der Waals surface area contributed by atoms with Crippen LogP contribution in [-0.2, 0) is 11.2 Å². The molecule has 0 atom stereocenters. The van der Waals surface area contributed by atoms with E-state index in [0.29, 0.717) is 12.0 Å². The van der Waals surface area contributed by atoms with Crippen molar-refractivity contribution in [2.24, 2.45) is 0 Å². The van der Waals surface area contributed by atoms with Crippen molar-refractivity contribution < 1.29 is 9.59 Å². The molecule has 86 valence electrons. The second-order valence-electron chi connectivity index (χ2n) is 3.68. The first kappa shape index (κ1) is 12.4. The number of aryl methyl sites for hydroxylation is 1. The van der Waals surface area contributed by atoms with E-state index in [4.69, 9.17) is 0 Å². The first-order chi connectivity index (χ1) is 7.67. The molecule has 0 spiro atoms. The predicted octanol–water partition coefficient (Wildman–Crippen LogP) is 2.31. The smallest absolute Gasteiger partial charge is 0.257 e. The van der Waals surface area contributed by atoms with E-state index in [0.717, 1.165) is 12.8 Å². The molecule has 3 heteroatoms. The number of hydrogen-bond donors (Lipinski definition) is 1. The van der Waals surface area contributed by atoms with Gasteiger partial charge in [0.2, 0.25) is 5.91 Å². The molecule has 0 unspecified atom stereocenters. The van der Waals surface area contributed by atoms with E-state index in [1.165, 1.54) is 5.56 Å². The van der Waals surface area contributed by atoms with Crippen LogP contribution in [0.3, 0.4) is 0 Å². The van der Waals surface area contributed by atoms with Gasteiger partial charge < -0.3 is 0 Å². The van der Waals surface area contributed by atoms with Crippen LogP contribution in [-0.4, -0.2) is 11.8 Å². The Balaban J connectivity index is 2.62. The Hall–Kier alpha value is -1.64. The van der Waals surface area contributed by atoms with Gasteiger partial charge in [0, 0.05) is 12.0 Å². The number of rotatable bonds is 4. The summed E-state index contributed by atoms with van der Waals surface area (Å²) in [6, 6.07) is 7.29. The maximum Gasteiger partial charge on any atom is 0.257 e. The van der Waals surface area contributed by atoms with Crippen molar-refractivity contribution in [2.45, 2.75) is 33.1 Å². The second kappa shape index (κ2) is 6.05. The molecule has 1 aromatic rings. The van der Waals surface area contributed by atoms with Crippen molar-refractivity contribution in [3.05, 3.63) is 35.4 Å². The summed E-state index contributed by atoms with van der Waals surface area (Å²) in [5, 5.41) is 2.36. The molecule has 0 saturated carbocycles. The third kappa shape index (κ3) is 3.50. The summed E-state index contributed by atoms with van der Waals surface area (Å²) in [5.74, 6) is -0.534. The summed E-state index contributed by atoms with van der Waals surface area (Å²) in [4.78, 5) is 22.8. The summed E-state index contributed by atoms with van der Waals surface area (Å²) in [6.07, 6.45) is 2.07. The minimum atomic E-state index is -0.318. The highest BCUT2D eigenvalue weighted by Crippen LogP contribution is 2.05. The van der Waals surface area contributed by atoms with Gasteiger partial charge in [0.05, 0.1) is 0 Å².